The first kappa shape index (κ1) is 16.4. The fourth-order valence-electron chi connectivity index (χ4n) is 2.35. The number of rotatable bonds is 5. The van der Waals surface area contributed by atoms with Gasteiger partial charge >= 0.3 is 0 Å². The number of amides is 1. The summed E-state index contributed by atoms with van der Waals surface area (Å²) < 4.78 is 5.28. The zero-order valence-electron chi connectivity index (χ0n) is 12.8. The second kappa shape index (κ2) is 7.90. The number of ether oxygens (including phenoxy) is 1. The summed E-state index contributed by atoms with van der Waals surface area (Å²) in [6, 6.07) is 1.66. The zero-order chi connectivity index (χ0) is 15.9. The van der Waals surface area contributed by atoms with Crippen LogP contribution >= 0.6 is 0 Å². The molecule has 0 radical (unpaired) electrons. The van der Waals surface area contributed by atoms with Crippen molar-refractivity contribution >= 4 is 17.5 Å². The molecule has 8 heteroatoms. The number of anilines is 2. The minimum Gasteiger partial charge on any atom is -0.389 e. The van der Waals surface area contributed by atoms with Gasteiger partial charge in [-0.3, -0.25) is 4.79 Å². The minimum atomic E-state index is -0.645. The fourth-order valence-corrected chi connectivity index (χ4v) is 2.35. The maximum atomic E-state index is 12.1. The number of aliphatic hydroxyl groups is 1. The van der Waals surface area contributed by atoms with E-state index < -0.39 is 6.10 Å². The normalized spacial score (nSPS) is 19.1. The van der Waals surface area contributed by atoms with Crippen LogP contribution in [0.5, 0.6) is 0 Å². The number of aliphatic hydroxyl groups excluding tert-OH is 1. The molecule has 2 heterocycles. The van der Waals surface area contributed by atoms with Crippen molar-refractivity contribution in [2.45, 2.75) is 19.4 Å². The first-order chi connectivity index (χ1) is 10.6. The van der Waals surface area contributed by atoms with Gasteiger partial charge in [0.2, 0.25) is 5.91 Å². The largest absolute Gasteiger partial charge is 0.389 e. The van der Waals surface area contributed by atoms with Crippen LogP contribution in [-0.2, 0) is 9.53 Å². The van der Waals surface area contributed by atoms with Crippen LogP contribution in [0.2, 0.25) is 0 Å². The van der Waals surface area contributed by atoms with Crippen molar-refractivity contribution in [1.82, 2.24) is 14.9 Å². The fraction of sp³-hybridized carbons (Fsp3) is 0.643. The van der Waals surface area contributed by atoms with Gasteiger partial charge in [-0.25, -0.2) is 9.97 Å². The summed E-state index contributed by atoms with van der Waals surface area (Å²) in [7, 11) is 0. The van der Waals surface area contributed by atoms with Crippen molar-refractivity contribution in [1.29, 1.82) is 0 Å². The van der Waals surface area contributed by atoms with Crippen LogP contribution in [0.1, 0.15) is 13.3 Å². The molecule has 1 atom stereocenters. The SMILES string of the molecule is CCCOCC(=O)N1CCN(c2cc(N)ncn2)CC(O)C1. The van der Waals surface area contributed by atoms with E-state index in [0.717, 1.165) is 6.42 Å². The van der Waals surface area contributed by atoms with Gasteiger partial charge in [0.15, 0.2) is 0 Å². The molecule has 1 saturated heterocycles. The van der Waals surface area contributed by atoms with Crippen molar-refractivity contribution < 1.29 is 14.6 Å². The van der Waals surface area contributed by atoms with Gasteiger partial charge in [-0.05, 0) is 6.42 Å². The highest BCUT2D eigenvalue weighted by atomic mass is 16.5. The Morgan fingerprint density at radius 1 is 1.45 bits per heavy atom. The highest BCUT2D eigenvalue weighted by molar-refractivity contribution is 5.77. The molecule has 0 saturated carbocycles. The molecule has 122 valence electrons. The average molecular weight is 309 g/mol. The summed E-state index contributed by atoms with van der Waals surface area (Å²) in [5, 5.41) is 10.1. The Hall–Kier alpha value is -1.93. The van der Waals surface area contributed by atoms with Crippen molar-refractivity contribution in [3.8, 4) is 0 Å². The molecular weight excluding hydrogens is 286 g/mol. The number of nitrogens with zero attached hydrogens (tertiary/aromatic N) is 4. The second-order valence-electron chi connectivity index (χ2n) is 5.29. The molecule has 1 aromatic heterocycles. The third-order valence-corrected chi connectivity index (χ3v) is 3.43. The average Bonchev–Trinajstić information content (AvgIpc) is 2.69. The van der Waals surface area contributed by atoms with E-state index in [4.69, 9.17) is 10.5 Å². The summed E-state index contributed by atoms with van der Waals surface area (Å²) in [5.41, 5.74) is 5.66. The van der Waals surface area contributed by atoms with Crippen molar-refractivity contribution in [3.63, 3.8) is 0 Å². The number of hydrogen-bond acceptors (Lipinski definition) is 7. The van der Waals surface area contributed by atoms with E-state index in [1.54, 1.807) is 11.0 Å². The maximum absolute atomic E-state index is 12.1. The molecular formula is C14H23N5O3. The van der Waals surface area contributed by atoms with Gasteiger partial charge in [0.05, 0.1) is 6.10 Å². The lowest BCUT2D eigenvalue weighted by Gasteiger charge is -2.22. The van der Waals surface area contributed by atoms with E-state index in [1.165, 1.54) is 6.33 Å². The maximum Gasteiger partial charge on any atom is 0.248 e. The summed E-state index contributed by atoms with van der Waals surface area (Å²) in [5.74, 6) is 0.935. The number of carbonyl (C=O) groups is 1. The molecule has 1 aromatic rings. The van der Waals surface area contributed by atoms with Crippen molar-refractivity contribution in [3.05, 3.63) is 12.4 Å². The lowest BCUT2D eigenvalue weighted by molar-refractivity contribution is -0.137. The van der Waals surface area contributed by atoms with Crippen LogP contribution in [0, 0.1) is 0 Å². The second-order valence-corrected chi connectivity index (χ2v) is 5.29. The van der Waals surface area contributed by atoms with Gasteiger partial charge in [-0.15, -0.1) is 0 Å². The number of hydrogen-bond donors (Lipinski definition) is 2. The van der Waals surface area contributed by atoms with Crippen LogP contribution in [-0.4, -0.2) is 71.4 Å². The lowest BCUT2D eigenvalue weighted by atomic mass is 10.3. The Morgan fingerprint density at radius 3 is 3.00 bits per heavy atom. The van der Waals surface area contributed by atoms with Crippen LogP contribution in [0.15, 0.2) is 12.4 Å². The molecule has 0 spiro atoms. The van der Waals surface area contributed by atoms with Gasteiger partial charge in [-0.2, -0.15) is 0 Å². The van der Waals surface area contributed by atoms with E-state index in [-0.39, 0.29) is 12.5 Å². The van der Waals surface area contributed by atoms with E-state index in [9.17, 15) is 9.90 Å². The standard InChI is InChI=1S/C14H23N5O3/c1-2-5-22-9-14(21)19-4-3-18(7-11(20)8-19)13-6-12(15)16-10-17-13/h6,10-11,20H,2-5,7-9H2,1H3,(H2,15,16,17). The smallest absolute Gasteiger partial charge is 0.248 e. The Kier molecular flexibility index (Phi) is 5.91. The van der Waals surface area contributed by atoms with Gasteiger partial charge in [0.1, 0.15) is 24.6 Å². The Labute approximate surface area is 129 Å². The zero-order valence-corrected chi connectivity index (χ0v) is 12.8. The predicted molar refractivity (Wildman–Crippen MR) is 82.4 cm³/mol. The van der Waals surface area contributed by atoms with E-state index in [2.05, 4.69) is 9.97 Å². The van der Waals surface area contributed by atoms with Gasteiger partial charge < -0.3 is 25.4 Å². The van der Waals surface area contributed by atoms with Crippen LogP contribution in [0.3, 0.4) is 0 Å². The molecule has 1 amide bonds. The number of aromatic nitrogens is 2. The van der Waals surface area contributed by atoms with Crippen LogP contribution < -0.4 is 10.6 Å². The highest BCUT2D eigenvalue weighted by Crippen LogP contribution is 2.15. The lowest BCUT2D eigenvalue weighted by Crippen LogP contribution is -2.39. The molecule has 0 aliphatic carbocycles. The van der Waals surface area contributed by atoms with Crippen LogP contribution in [0.25, 0.3) is 0 Å². The van der Waals surface area contributed by atoms with Crippen molar-refractivity contribution in [2.75, 3.05) is 50.0 Å². The minimum absolute atomic E-state index is 0.0566. The van der Waals surface area contributed by atoms with Crippen LogP contribution in [0.4, 0.5) is 11.6 Å². The molecule has 2 rings (SSSR count). The molecule has 8 nitrogen and oxygen atoms in total. The molecule has 0 bridgehead atoms. The third kappa shape index (κ3) is 4.54. The molecule has 3 N–H and O–H groups in total. The first-order valence-corrected chi connectivity index (χ1v) is 7.46. The molecule has 0 aromatic carbocycles. The van der Waals surface area contributed by atoms with Crippen molar-refractivity contribution in [2.24, 2.45) is 0 Å². The van der Waals surface area contributed by atoms with Gasteiger partial charge in [0.25, 0.3) is 0 Å². The van der Waals surface area contributed by atoms with E-state index in [1.807, 2.05) is 11.8 Å². The Bertz CT molecular complexity index is 499. The Morgan fingerprint density at radius 2 is 2.27 bits per heavy atom. The Balaban J connectivity index is 1.96. The summed E-state index contributed by atoms with van der Waals surface area (Å²) >= 11 is 0. The van der Waals surface area contributed by atoms with E-state index >= 15 is 0 Å². The number of nitrogens with two attached hydrogens (primary N) is 1. The third-order valence-electron chi connectivity index (χ3n) is 3.43. The number of β-amino-alcohol motifs (C(OH)–C–C–N with tert-alkyl or cyclic N) is 1. The van der Waals surface area contributed by atoms with Gasteiger partial charge in [-0.1, -0.05) is 6.92 Å². The first-order valence-electron chi connectivity index (χ1n) is 7.46. The quantitative estimate of drug-likeness (QED) is 0.706. The molecule has 1 unspecified atom stereocenters. The predicted octanol–water partition coefficient (Wildman–Crippen LogP) is -0.505. The summed E-state index contributed by atoms with van der Waals surface area (Å²) in [6.45, 7) is 4.39. The monoisotopic (exact) mass is 309 g/mol. The summed E-state index contributed by atoms with van der Waals surface area (Å²) in [6.07, 6.45) is 1.62. The molecule has 1 fully saturated rings. The topological polar surface area (TPSA) is 105 Å². The summed E-state index contributed by atoms with van der Waals surface area (Å²) in [4.78, 5) is 23.7. The van der Waals surface area contributed by atoms with Gasteiger partial charge in [0, 0.05) is 38.9 Å². The van der Waals surface area contributed by atoms with E-state index in [0.29, 0.717) is 44.4 Å². The molecule has 1 aliphatic rings. The molecule has 22 heavy (non-hydrogen) atoms. The number of nitrogen functional groups attached to an aromatic ring is 1. The number of carbonyl (C=O) groups excluding carboxylic acids is 1. The molecule has 1 aliphatic heterocycles. The highest BCUT2D eigenvalue weighted by Gasteiger charge is 2.25.